The van der Waals surface area contributed by atoms with E-state index in [9.17, 15) is 4.79 Å². The van der Waals surface area contributed by atoms with Crippen LogP contribution < -0.4 is 0 Å². The minimum absolute atomic E-state index is 0.0114. The lowest BCUT2D eigenvalue weighted by Crippen LogP contribution is -2.34. The van der Waals surface area contributed by atoms with Crippen molar-refractivity contribution in [2.24, 2.45) is 0 Å². The molecule has 0 amide bonds. The monoisotopic (exact) mass is 221 g/mol. The second kappa shape index (κ2) is 4.57. The number of aromatic nitrogens is 2. The third-order valence-electron chi connectivity index (χ3n) is 2.84. The molecule has 1 atom stereocenters. The summed E-state index contributed by atoms with van der Waals surface area (Å²) in [6, 6.07) is 0.408. The Balaban J connectivity index is 2.10. The van der Waals surface area contributed by atoms with Crippen molar-refractivity contribution in [1.82, 2.24) is 14.9 Å². The fourth-order valence-electron chi connectivity index (χ4n) is 1.84. The van der Waals surface area contributed by atoms with Gasteiger partial charge in [0, 0.05) is 24.6 Å². The Morgan fingerprint density at radius 1 is 1.62 bits per heavy atom. The number of carbonyl (C=O) groups is 1. The first kappa shape index (κ1) is 11.0. The molecule has 0 saturated heterocycles. The molecule has 5 nitrogen and oxygen atoms in total. The number of rotatable bonds is 5. The van der Waals surface area contributed by atoms with Crippen LogP contribution in [0, 0.1) is 0 Å². The largest absolute Gasteiger partial charge is 0.480 e. The number of nitrogens with zero attached hydrogens (tertiary/aromatic N) is 3. The van der Waals surface area contributed by atoms with Gasteiger partial charge in [-0.05, 0) is 19.8 Å². The summed E-state index contributed by atoms with van der Waals surface area (Å²) in [4.78, 5) is 21.0. The second-order valence-corrected chi connectivity index (χ2v) is 4.10. The number of hydrogen-bond donors (Lipinski definition) is 1. The first-order valence-corrected chi connectivity index (χ1v) is 5.42. The Kier molecular flexibility index (Phi) is 3.14. The van der Waals surface area contributed by atoms with Crippen LogP contribution in [0.2, 0.25) is 0 Å². The Morgan fingerprint density at radius 3 is 2.88 bits per heavy atom. The molecule has 16 heavy (non-hydrogen) atoms. The molecule has 1 aliphatic rings. The summed E-state index contributed by atoms with van der Waals surface area (Å²) in [5.41, 5.74) is 0.829. The highest BCUT2D eigenvalue weighted by Crippen LogP contribution is 2.33. The third-order valence-corrected chi connectivity index (χ3v) is 2.84. The predicted molar refractivity (Wildman–Crippen MR) is 57.8 cm³/mol. The molecule has 1 N–H and O–H groups in total. The number of carboxylic acids is 1. The zero-order chi connectivity index (χ0) is 11.5. The van der Waals surface area contributed by atoms with Crippen molar-refractivity contribution in [3.63, 3.8) is 0 Å². The average molecular weight is 221 g/mol. The Hall–Kier alpha value is -1.49. The van der Waals surface area contributed by atoms with Crippen LogP contribution in [0.15, 0.2) is 18.6 Å². The molecule has 1 aromatic heterocycles. The molecule has 1 fully saturated rings. The van der Waals surface area contributed by atoms with E-state index < -0.39 is 5.97 Å². The van der Waals surface area contributed by atoms with Gasteiger partial charge in [0.2, 0.25) is 0 Å². The van der Waals surface area contributed by atoms with Crippen molar-refractivity contribution < 1.29 is 9.90 Å². The summed E-state index contributed by atoms with van der Waals surface area (Å²) >= 11 is 0. The van der Waals surface area contributed by atoms with Crippen LogP contribution in [0.4, 0.5) is 0 Å². The minimum Gasteiger partial charge on any atom is -0.480 e. The molecule has 1 unspecified atom stereocenters. The molecule has 0 spiro atoms. The van der Waals surface area contributed by atoms with Crippen LogP contribution in [0.1, 0.15) is 31.5 Å². The van der Waals surface area contributed by atoms with Gasteiger partial charge < -0.3 is 5.11 Å². The van der Waals surface area contributed by atoms with Crippen LogP contribution in [-0.2, 0) is 4.79 Å². The zero-order valence-electron chi connectivity index (χ0n) is 9.21. The molecule has 1 saturated carbocycles. The van der Waals surface area contributed by atoms with E-state index in [1.54, 1.807) is 18.6 Å². The normalized spacial score (nSPS) is 17.4. The first-order valence-electron chi connectivity index (χ1n) is 5.42. The molecule has 0 aromatic carbocycles. The van der Waals surface area contributed by atoms with E-state index in [0.717, 1.165) is 18.5 Å². The molecule has 5 heteroatoms. The molecule has 0 bridgehead atoms. The fraction of sp³-hybridized carbons (Fsp3) is 0.545. The molecule has 0 aliphatic heterocycles. The van der Waals surface area contributed by atoms with Gasteiger partial charge in [0.05, 0.1) is 18.3 Å². The van der Waals surface area contributed by atoms with Gasteiger partial charge in [-0.3, -0.25) is 19.7 Å². The smallest absolute Gasteiger partial charge is 0.317 e. The van der Waals surface area contributed by atoms with Crippen LogP contribution in [0.3, 0.4) is 0 Å². The van der Waals surface area contributed by atoms with E-state index in [0.29, 0.717) is 6.04 Å². The number of aliphatic carboxylic acids is 1. The molecule has 86 valence electrons. The molecule has 1 heterocycles. The predicted octanol–water partition coefficient (Wildman–Crippen LogP) is 1.09. The standard InChI is InChI=1S/C11H15N3O2/c1-8(10-6-12-4-5-13-10)14(7-11(15)16)9-2-3-9/h4-6,8-9H,2-3,7H2,1H3,(H,15,16). The third kappa shape index (κ3) is 2.55. The van der Waals surface area contributed by atoms with Gasteiger partial charge >= 0.3 is 5.97 Å². The molecule has 2 rings (SSSR count). The molecule has 1 aliphatic carbocycles. The maximum Gasteiger partial charge on any atom is 0.317 e. The lowest BCUT2D eigenvalue weighted by Gasteiger charge is -2.26. The topological polar surface area (TPSA) is 66.3 Å². The maximum atomic E-state index is 10.8. The lowest BCUT2D eigenvalue weighted by atomic mass is 10.2. The fourth-order valence-corrected chi connectivity index (χ4v) is 1.84. The molecular formula is C11H15N3O2. The summed E-state index contributed by atoms with van der Waals surface area (Å²) in [6.45, 7) is 2.05. The highest BCUT2D eigenvalue weighted by Gasteiger charge is 2.34. The van der Waals surface area contributed by atoms with Crippen molar-refractivity contribution in [1.29, 1.82) is 0 Å². The first-order chi connectivity index (χ1) is 7.68. The van der Waals surface area contributed by atoms with Gasteiger partial charge in [-0.2, -0.15) is 0 Å². The summed E-state index contributed by atoms with van der Waals surface area (Å²) in [5.74, 6) is -0.789. The highest BCUT2D eigenvalue weighted by atomic mass is 16.4. The van der Waals surface area contributed by atoms with Crippen molar-refractivity contribution in [2.75, 3.05) is 6.54 Å². The van der Waals surface area contributed by atoms with Crippen LogP contribution >= 0.6 is 0 Å². The Morgan fingerprint density at radius 2 is 2.38 bits per heavy atom. The number of carboxylic acid groups (broad SMARTS) is 1. The molecule has 0 radical (unpaired) electrons. The van der Waals surface area contributed by atoms with Crippen LogP contribution in [0.5, 0.6) is 0 Å². The van der Waals surface area contributed by atoms with Gasteiger partial charge in [-0.15, -0.1) is 0 Å². The lowest BCUT2D eigenvalue weighted by molar-refractivity contribution is -0.139. The summed E-state index contributed by atoms with van der Waals surface area (Å²) in [7, 11) is 0. The van der Waals surface area contributed by atoms with E-state index in [4.69, 9.17) is 5.11 Å². The number of hydrogen-bond acceptors (Lipinski definition) is 4. The molecular weight excluding hydrogens is 206 g/mol. The van der Waals surface area contributed by atoms with Gasteiger partial charge in [-0.25, -0.2) is 0 Å². The van der Waals surface area contributed by atoms with Gasteiger partial charge in [-0.1, -0.05) is 0 Å². The zero-order valence-corrected chi connectivity index (χ0v) is 9.21. The van der Waals surface area contributed by atoms with E-state index in [-0.39, 0.29) is 12.6 Å². The average Bonchev–Trinajstić information content (AvgIpc) is 3.10. The van der Waals surface area contributed by atoms with Crippen molar-refractivity contribution >= 4 is 5.97 Å². The van der Waals surface area contributed by atoms with Gasteiger partial charge in [0.25, 0.3) is 0 Å². The van der Waals surface area contributed by atoms with Crippen molar-refractivity contribution in [3.05, 3.63) is 24.3 Å². The quantitative estimate of drug-likeness (QED) is 0.806. The summed E-state index contributed by atoms with van der Waals surface area (Å²) in [5, 5.41) is 8.88. The van der Waals surface area contributed by atoms with Crippen LogP contribution in [-0.4, -0.2) is 38.5 Å². The van der Waals surface area contributed by atoms with E-state index >= 15 is 0 Å². The van der Waals surface area contributed by atoms with Crippen molar-refractivity contribution in [2.45, 2.75) is 31.8 Å². The Labute approximate surface area is 94.1 Å². The Bertz CT molecular complexity index is 365. The highest BCUT2D eigenvalue weighted by molar-refractivity contribution is 5.69. The van der Waals surface area contributed by atoms with E-state index in [1.807, 2.05) is 11.8 Å². The summed E-state index contributed by atoms with van der Waals surface area (Å²) < 4.78 is 0. The van der Waals surface area contributed by atoms with Crippen molar-refractivity contribution in [3.8, 4) is 0 Å². The van der Waals surface area contributed by atoms with Gasteiger partial charge in [0.15, 0.2) is 0 Å². The van der Waals surface area contributed by atoms with E-state index in [1.165, 1.54) is 0 Å². The minimum atomic E-state index is -0.789. The molecule has 1 aromatic rings. The second-order valence-electron chi connectivity index (χ2n) is 4.10. The van der Waals surface area contributed by atoms with Gasteiger partial charge in [0.1, 0.15) is 0 Å². The van der Waals surface area contributed by atoms with Crippen LogP contribution in [0.25, 0.3) is 0 Å². The maximum absolute atomic E-state index is 10.8. The van der Waals surface area contributed by atoms with E-state index in [2.05, 4.69) is 9.97 Å². The summed E-state index contributed by atoms with van der Waals surface area (Å²) in [6.07, 6.45) is 7.12. The SMILES string of the molecule is CC(c1cnccn1)N(CC(=O)O)C1CC1.